The molecule has 2 aliphatic heterocycles. The van der Waals surface area contributed by atoms with Gasteiger partial charge in [-0.3, -0.25) is 14.7 Å². The van der Waals surface area contributed by atoms with Crippen molar-refractivity contribution in [2.24, 2.45) is 0 Å². The number of aryl methyl sites for hydroxylation is 1. The van der Waals surface area contributed by atoms with Gasteiger partial charge >= 0.3 is 0 Å². The third-order valence-electron chi connectivity index (χ3n) is 5.64. The van der Waals surface area contributed by atoms with Crippen LogP contribution in [0.3, 0.4) is 0 Å². The number of rotatable bonds is 6. The molecule has 3 rings (SSSR count). The first-order chi connectivity index (χ1) is 14.1. The van der Waals surface area contributed by atoms with Gasteiger partial charge in [-0.25, -0.2) is 13.9 Å². The maximum atomic E-state index is 13.1. The van der Waals surface area contributed by atoms with E-state index in [1.54, 1.807) is 17.6 Å². The Hall–Kier alpha value is -1.73. The summed E-state index contributed by atoms with van der Waals surface area (Å²) < 4.78 is 56.5. The number of hydrogen-bond acceptors (Lipinski definition) is 6. The number of benzene rings is 1. The van der Waals surface area contributed by atoms with E-state index in [1.165, 1.54) is 4.31 Å². The molecule has 1 amide bonds. The molecule has 1 aromatic rings. The van der Waals surface area contributed by atoms with Crippen LogP contribution < -0.4 is 10.2 Å². The van der Waals surface area contributed by atoms with Crippen LogP contribution in [0.5, 0.6) is 0 Å². The van der Waals surface area contributed by atoms with E-state index in [9.17, 15) is 21.6 Å². The summed E-state index contributed by atoms with van der Waals surface area (Å²) >= 11 is 0. The third kappa shape index (κ3) is 4.94. The van der Waals surface area contributed by atoms with Crippen molar-refractivity contribution in [2.45, 2.75) is 50.3 Å². The van der Waals surface area contributed by atoms with Gasteiger partial charge in [0.15, 0.2) is 0 Å². The Balaban J connectivity index is 1.66. The van der Waals surface area contributed by atoms with Crippen molar-refractivity contribution in [1.82, 2.24) is 14.1 Å². The lowest BCUT2D eigenvalue weighted by Crippen LogP contribution is -2.57. The molecule has 1 aromatic carbocycles. The van der Waals surface area contributed by atoms with E-state index in [1.807, 2.05) is 19.1 Å². The molecule has 12 heteroatoms. The molecular weight excluding hydrogens is 432 g/mol. The van der Waals surface area contributed by atoms with Crippen LogP contribution in [-0.2, 0) is 25.0 Å². The molecular formula is C18H28N4O6S2. The van der Waals surface area contributed by atoms with E-state index in [-0.39, 0.29) is 32.5 Å². The molecule has 0 spiro atoms. The van der Waals surface area contributed by atoms with Crippen molar-refractivity contribution in [3.8, 4) is 0 Å². The second-order valence-corrected chi connectivity index (χ2v) is 11.6. The zero-order valence-electron chi connectivity index (χ0n) is 16.8. The van der Waals surface area contributed by atoms with Crippen molar-refractivity contribution < 1.29 is 26.8 Å². The predicted molar refractivity (Wildman–Crippen MR) is 112 cm³/mol. The van der Waals surface area contributed by atoms with Crippen LogP contribution in [0.25, 0.3) is 0 Å². The predicted octanol–water partition coefficient (Wildman–Crippen LogP) is 0.806. The van der Waals surface area contributed by atoms with E-state index in [2.05, 4.69) is 4.72 Å². The van der Waals surface area contributed by atoms with Crippen LogP contribution in [0.4, 0.5) is 5.69 Å². The van der Waals surface area contributed by atoms with Crippen LogP contribution in [0.1, 0.15) is 37.7 Å². The summed E-state index contributed by atoms with van der Waals surface area (Å²) in [6.45, 7) is 2.19. The summed E-state index contributed by atoms with van der Waals surface area (Å²) in [4.78, 5) is 11.9. The normalized spacial score (nSPS) is 22.5. The minimum atomic E-state index is -3.94. The Morgan fingerprint density at radius 1 is 1.00 bits per heavy atom. The Morgan fingerprint density at radius 3 is 2.23 bits per heavy atom. The second kappa shape index (κ2) is 9.18. The van der Waals surface area contributed by atoms with Gasteiger partial charge in [0, 0.05) is 25.3 Å². The number of sulfonamides is 1. The fourth-order valence-electron chi connectivity index (χ4n) is 3.91. The van der Waals surface area contributed by atoms with Gasteiger partial charge in [-0.15, -0.1) is 0 Å². The molecule has 3 N–H and O–H groups in total. The molecule has 0 aliphatic carbocycles. The summed E-state index contributed by atoms with van der Waals surface area (Å²) in [5.41, 5.74) is 3.03. The third-order valence-corrected chi connectivity index (χ3v) is 9.56. The largest absolute Gasteiger partial charge is 0.289 e. The summed E-state index contributed by atoms with van der Waals surface area (Å²) in [6.07, 6.45) is 1.96. The Morgan fingerprint density at radius 2 is 1.63 bits per heavy atom. The number of amides is 1. The first-order valence-electron chi connectivity index (χ1n) is 9.94. The van der Waals surface area contributed by atoms with E-state index in [0.717, 1.165) is 9.87 Å². The molecule has 0 saturated carbocycles. The lowest BCUT2D eigenvalue weighted by atomic mass is 10.0. The maximum absolute atomic E-state index is 13.1. The number of anilines is 1. The number of nitrogens with zero attached hydrogens (tertiary/aromatic N) is 2. The first kappa shape index (κ1) is 22.9. The molecule has 1 atom stereocenters. The molecule has 168 valence electrons. The zero-order valence-corrected chi connectivity index (χ0v) is 18.5. The standard InChI is InChI=1S/C18H28N4O6S2/c1-14-5-7-15(8-6-14)20-29(25,26)16-9-12-21(13-10-16)30(27,28)22-11-3-2-4-17(22)18(23)19-24/h5-8,16-17,20,24H,2-4,9-13H2,1H3,(H,19,23). The highest BCUT2D eigenvalue weighted by molar-refractivity contribution is 7.93. The average molecular weight is 461 g/mol. The number of hydroxylamine groups is 1. The minimum absolute atomic E-state index is 0.0474. The van der Waals surface area contributed by atoms with Gasteiger partial charge in [-0.1, -0.05) is 24.1 Å². The number of carbonyl (C=O) groups excluding carboxylic acids is 1. The molecule has 10 nitrogen and oxygen atoms in total. The first-order valence-corrected chi connectivity index (χ1v) is 12.9. The number of nitrogens with one attached hydrogen (secondary N) is 2. The van der Waals surface area contributed by atoms with Gasteiger partial charge in [0.05, 0.1) is 5.25 Å². The van der Waals surface area contributed by atoms with Gasteiger partial charge in [-0.05, 0) is 44.7 Å². The van der Waals surface area contributed by atoms with Crippen LogP contribution in [0.2, 0.25) is 0 Å². The van der Waals surface area contributed by atoms with Crippen molar-refractivity contribution in [2.75, 3.05) is 24.4 Å². The average Bonchev–Trinajstić information content (AvgIpc) is 2.74. The second-order valence-electron chi connectivity index (χ2n) is 7.72. The molecule has 0 radical (unpaired) electrons. The van der Waals surface area contributed by atoms with Crippen LogP contribution in [0, 0.1) is 6.92 Å². The van der Waals surface area contributed by atoms with Crippen LogP contribution >= 0.6 is 0 Å². The van der Waals surface area contributed by atoms with Crippen molar-refractivity contribution >= 4 is 31.8 Å². The quantitative estimate of drug-likeness (QED) is 0.424. The molecule has 2 saturated heterocycles. The number of piperidine rings is 2. The fraction of sp³-hybridized carbons (Fsp3) is 0.611. The molecule has 2 fully saturated rings. The van der Waals surface area contributed by atoms with Gasteiger partial charge in [-0.2, -0.15) is 17.0 Å². The maximum Gasteiger partial charge on any atom is 0.282 e. The number of carbonyl (C=O) groups is 1. The highest BCUT2D eigenvalue weighted by Crippen LogP contribution is 2.27. The molecule has 30 heavy (non-hydrogen) atoms. The number of hydrogen-bond donors (Lipinski definition) is 3. The van der Waals surface area contributed by atoms with Gasteiger partial charge in [0.25, 0.3) is 16.1 Å². The lowest BCUT2D eigenvalue weighted by molar-refractivity contribution is -0.134. The highest BCUT2D eigenvalue weighted by atomic mass is 32.2. The Kier molecular flexibility index (Phi) is 7.02. The van der Waals surface area contributed by atoms with Gasteiger partial charge in [0.2, 0.25) is 10.0 Å². The molecule has 2 heterocycles. The van der Waals surface area contributed by atoms with Crippen LogP contribution in [-0.4, -0.2) is 67.5 Å². The highest BCUT2D eigenvalue weighted by Gasteiger charge is 2.42. The van der Waals surface area contributed by atoms with Crippen molar-refractivity contribution in [3.05, 3.63) is 29.8 Å². The summed E-state index contributed by atoms with van der Waals surface area (Å²) in [7, 11) is -7.60. The smallest absolute Gasteiger partial charge is 0.282 e. The topological polar surface area (TPSA) is 136 Å². The van der Waals surface area contributed by atoms with Gasteiger partial charge in [0.1, 0.15) is 6.04 Å². The SMILES string of the molecule is Cc1ccc(NS(=O)(=O)C2CCN(S(=O)(=O)N3CCCCC3C(=O)NO)CC2)cc1. The van der Waals surface area contributed by atoms with Crippen molar-refractivity contribution in [1.29, 1.82) is 0 Å². The Bertz CT molecular complexity index is 957. The molecule has 0 bridgehead atoms. The monoisotopic (exact) mass is 460 g/mol. The van der Waals surface area contributed by atoms with E-state index >= 15 is 0 Å². The van der Waals surface area contributed by atoms with E-state index in [0.29, 0.717) is 24.9 Å². The summed E-state index contributed by atoms with van der Waals surface area (Å²) in [6, 6.07) is 6.04. The van der Waals surface area contributed by atoms with E-state index < -0.39 is 37.4 Å². The van der Waals surface area contributed by atoms with Crippen molar-refractivity contribution in [3.63, 3.8) is 0 Å². The fourth-order valence-corrected chi connectivity index (χ4v) is 7.22. The minimum Gasteiger partial charge on any atom is -0.289 e. The summed E-state index contributed by atoms with van der Waals surface area (Å²) in [5.74, 6) is -0.752. The summed E-state index contributed by atoms with van der Waals surface area (Å²) in [5, 5.41) is 8.23. The molecule has 2 aliphatic rings. The Labute approximate surface area is 177 Å². The lowest BCUT2D eigenvalue weighted by Gasteiger charge is -2.39. The van der Waals surface area contributed by atoms with Gasteiger partial charge < -0.3 is 0 Å². The van der Waals surface area contributed by atoms with Crippen LogP contribution in [0.15, 0.2) is 24.3 Å². The van der Waals surface area contributed by atoms with E-state index in [4.69, 9.17) is 5.21 Å². The molecule has 1 unspecified atom stereocenters. The molecule has 0 aromatic heterocycles. The zero-order chi connectivity index (χ0) is 21.9.